The van der Waals surface area contributed by atoms with E-state index < -0.39 is 11.4 Å². The van der Waals surface area contributed by atoms with Crippen LogP contribution in [0.3, 0.4) is 0 Å². The number of nitrogens with one attached hydrogen (secondary N) is 1. The van der Waals surface area contributed by atoms with Crippen LogP contribution in [-0.4, -0.2) is 15.5 Å². The zero-order valence-electron chi connectivity index (χ0n) is 11.8. The quantitative estimate of drug-likeness (QED) is 0.765. The Morgan fingerprint density at radius 3 is 2.83 bits per heavy atom. The summed E-state index contributed by atoms with van der Waals surface area (Å²) < 4.78 is 15.1. The summed E-state index contributed by atoms with van der Waals surface area (Å²) >= 11 is 3.33. The number of amides is 1. The number of carbonyl (C=O) groups excluding carboxylic acids is 1. The van der Waals surface area contributed by atoms with E-state index in [0.29, 0.717) is 5.69 Å². The van der Waals surface area contributed by atoms with Crippen molar-refractivity contribution in [3.05, 3.63) is 69.4 Å². The van der Waals surface area contributed by atoms with Gasteiger partial charge in [-0.15, -0.1) is 0 Å². The summed E-state index contributed by atoms with van der Waals surface area (Å²) in [6.07, 6.45) is 1.24. The summed E-state index contributed by atoms with van der Waals surface area (Å²) in [5.74, 6) is -0.823. The predicted molar refractivity (Wildman–Crippen MR) is 88.7 cm³/mol. The molecular formula is C16H11BrFN3O2. The van der Waals surface area contributed by atoms with Gasteiger partial charge < -0.3 is 5.32 Å². The number of carbonyl (C=O) groups is 1. The largest absolute Gasteiger partial charge is 0.324 e. The third-order valence-corrected chi connectivity index (χ3v) is 3.94. The molecule has 0 bridgehead atoms. The van der Waals surface area contributed by atoms with Crippen molar-refractivity contribution in [2.24, 2.45) is 0 Å². The molecule has 0 atom stereocenters. The molecule has 1 N–H and O–H groups in total. The highest BCUT2D eigenvalue weighted by molar-refractivity contribution is 9.10. The Kier molecular flexibility index (Phi) is 4.20. The lowest BCUT2D eigenvalue weighted by Gasteiger charge is -2.09. The van der Waals surface area contributed by atoms with Crippen LogP contribution in [0.25, 0.3) is 10.9 Å². The topological polar surface area (TPSA) is 64.0 Å². The van der Waals surface area contributed by atoms with Crippen molar-refractivity contribution >= 4 is 38.4 Å². The normalized spacial score (nSPS) is 10.7. The minimum Gasteiger partial charge on any atom is -0.324 e. The molecule has 1 heterocycles. The molecule has 0 spiro atoms. The van der Waals surface area contributed by atoms with E-state index in [1.807, 2.05) is 6.07 Å². The van der Waals surface area contributed by atoms with E-state index in [0.717, 1.165) is 4.47 Å². The summed E-state index contributed by atoms with van der Waals surface area (Å²) in [4.78, 5) is 28.4. The lowest BCUT2D eigenvalue weighted by Crippen LogP contribution is -2.28. The fraction of sp³-hybridized carbons (Fsp3) is 0.0625. The third kappa shape index (κ3) is 3.29. The van der Waals surface area contributed by atoms with Gasteiger partial charge in [0.05, 0.1) is 22.9 Å². The van der Waals surface area contributed by atoms with Crippen molar-refractivity contribution in [2.75, 3.05) is 5.32 Å². The second-order valence-corrected chi connectivity index (χ2v) is 5.72. The second kappa shape index (κ2) is 6.29. The SMILES string of the molecule is O=C(Cn1cnc2cc(F)ccc2c1=O)Nc1ccccc1Br. The van der Waals surface area contributed by atoms with Crippen molar-refractivity contribution < 1.29 is 9.18 Å². The van der Waals surface area contributed by atoms with Crippen LogP contribution in [0.15, 0.2) is 58.1 Å². The molecule has 7 heteroatoms. The molecule has 0 aliphatic heterocycles. The van der Waals surface area contributed by atoms with E-state index in [4.69, 9.17) is 0 Å². The van der Waals surface area contributed by atoms with Crippen LogP contribution in [0.2, 0.25) is 0 Å². The van der Waals surface area contributed by atoms with Crippen molar-refractivity contribution in [1.29, 1.82) is 0 Å². The molecular weight excluding hydrogens is 365 g/mol. The van der Waals surface area contributed by atoms with Crippen LogP contribution < -0.4 is 10.9 Å². The van der Waals surface area contributed by atoms with Gasteiger partial charge in [-0.05, 0) is 40.2 Å². The molecule has 1 aromatic heterocycles. The van der Waals surface area contributed by atoms with Crippen molar-refractivity contribution in [1.82, 2.24) is 9.55 Å². The molecule has 0 saturated heterocycles. The maximum Gasteiger partial charge on any atom is 0.261 e. The molecule has 0 aliphatic rings. The standard InChI is InChI=1S/C16H11BrFN3O2/c17-12-3-1-2-4-13(12)20-15(22)8-21-9-19-14-7-10(18)5-6-11(14)16(21)23/h1-7,9H,8H2,(H,20,22). The minimum atomic E-state index is -0.464. The molecule has 1 amide bonds. The summed E-state index contributed by atoms with van der Waals surface area (Å²) in [6.45, 7) is -0.180. The number of hydrogen-bond acceptors (Lipinski definition) is 3. The van der Waals surface area contributed by atoms with Gasteiger partial charge in [-0.2, -0.15) is 0 Å². The maximum absolute atomic E-state index is 13.1. The van der Waals surface area contributed by atoms with Gasteiger partial charge in [-0.1, -0.05) is 12.1 Å². The van der Waals surface area contributed by atoms with Crippen molar-refractivity contribution in [3.8, 4) is 0 Å². The maximum atomic E-state index is 13.1. The Morgan fingerprint density at radius 1 is 1.26 bits per heavy atom. The monoisotopic (exact) mass is 375 g/mol. The Labute approximate surface area is 138 Å². The molecule has 3 aromatic rings. The molecule has 0 fully saturated rings. The average molecular weight is 376 g/mol. The van der Waals surface area contributed by atoms with E-state index in [1.54, 1.807) is 18.2 Å². The van der Waals surface area contributed by atoms with E-state index in [9.17, 15) is 14.0 Å². The van der Waals surface area contributed by atoms with Gasteiger partial charge in [0, 0.05) is 10.5 Å². The smallest absolute Gasteiger partial charge is 0.261 e. The van der Waals surface area contributed by atoms with Gasteiger partial charge in [0.2, 0.25) is 5.91 Å². The number of fused-ring (bicyclic) bond motifs is 1. The van der Waals surface area contributed by atoms with E-state index >= 15 is 0 Å². The molecule has 0 unspecified atom stereocenters. The summed E-state index contributed by atoms with van der Waals surface area (Å²) in [7, 11) is 0. The molecule has 23 heavy (non-hydrogen) atoms. The molecule has 3 rings (SSSR count). The first kappa shape index (κ1) is 15.4. The van der Waals surface area contributed by atoms with Crippen LogP contribution in [0, 0.1) is 5.82 Å². The highest BCUT2D eigenvalue weighted by Gasteiger charge is 2.10. The Hall–Kier alpha value is -2.54. The zero-order chi connectivity index (χ0) is 16.4. The highest BCUT2D eigenvalue weighted by Crippen LogP contribution is 2.21. The number of nitrogens with zero attached hydrogens (tertiary/aromatic N) is 2. The van der Waals surface area contributed by atoms with Gasteiger partial charge in [-0.25, -0.2) is 9.37 Å². The molecule has 0 radical (unpaired) electrons. The number of anilines is 1. The summed E-state index contributed by atoms with van der Waals surface area (Å²) in [5.41, 5.74) is 0.483. The van der Waals surface area contributed by atoms with E-state index in [2.05, 4.69) is 26.2 Å². The van der Waals surface area contributed by atoms with Gasteiger partial charge in [0.15, 0.2) is 0 Å². The van der Waals surface area contributed by atoms with Crippen LogP contribution in [0.5, 0.6) is 0 Å². The van der Waals surface area contributed by atoms with Crippen molar-refractivity contribution in [2.45, 2.75) is 6.54 Å². The van der Waals surface area contributed by atoms with Crippen LogP contribution in [0.4, 0.5) is 10.1 Å². The first-order chi connectivity index (χ1) is 11.0. The fourth-order valence-corrected chi connectivity index (χ4v) is 2.54. The van der Waals surface area contributed by atoms with Gasteiger partial charge in [0.1, 0.15) is 12.4 Å². The van der Waals surface area contributed by atoms with Gasteiger partial charge in [-0.3, -0.25) is 14.2 Å². The highest BCUT2D eigenvalue weighted by atomic mass is 79.9. The molecule has 2 aromatic carbocycles. The first-order valence-electron chi connectivity index (χ1n) is 6.73. The van der Waals surface area contributed by atoms with Crippen LogP contribution >= 0.6 is 15.9 Å². The van der Waals surface area contributed by atoms with Gasteiger partial charge in [0.25, 0.3) is 5.56 Å². The summed E-state index contributed by atoms with van der Waals surface area (Å²) in [6, 6.07) is 10.9. The Morgan fingerprint density at radius 2 is 2.04 bits per heavy atom. The zero-order valence-corrected chi connectivity index (χ0v) is 13.4. The number of halogens is 2. The van der Waals surface area contributed by atoms with E-state index in [1.165, 1.54) is 29.1 Å². The van der Waals surface area contributed by atoms with Gasteiger partial charge >= 0.3 is 0 Å². The number of benzene rings is 2. The average Bonchev–Trinajstić information content (AvgIpc) is 2.52. The fourth-order valence-electron chi connectivity index (χ4n) is 2.15. The number of aromatic nitrogens is 2. The lowest BCUT2D eigenvalue weighted by molar-refractivity contribution is -0.116. The predicted octanol–water partition coefficient (Wildman–Crippen LogP) is 2.94. The van der Waals surface area contributed by atoms with Crippen LogP contribution in [0.1, 0.15) is 0 Å². The minimum absolute atomic E-state index is 0.180. The Balaban J connectivity index is 1.85. The Bertz CT molecular complexity index is 955. The molecule has 116 valence electrons. The molecule has 5 nitrogen and oxygen atoms in total. The summed E-state index contributed by atoms with van der Waals surface area (Å²) in [5, 5.41) is 2.98. The third-order valence-electron chi connectivity index (χ3n) is 3.25. The first-order valence-corrected chi connectivity index (χ1v) is 7.53. The lowest BCUT2D eigenvalue weighted by atomic mass is 10.2. The molecule has 0 saturated carbocycles. The number of hydrogen-bond donors (Lipinski definition) is 1. The number of rotatable bonds is 3. The van der Waals surface area contributed by atoms with Crippen LogP contribution in [-0.2, 0) is 11.3 Å². The second-order valence-electron chi connectivity index (χ2n) is 4.87. The number of para-hydroxylation sites is 1. The molecule has 0 aliphatic carbocycles. The van der Waals surface area contributed by atoms with Crippen molar-refractivity contribution in [3.63, 3.8) is 0 Å². The van der Waals surface area contributed by atoms with E-state index in [-0.39, 0.29) is 23.4 Å².